The minimum atomic E-state index is -4.97. The molecular weight excluding hydrogens is 381 g/mol. The number of alkyl halides is 3. The van der Waals surface area contributed by atoms with Gasteiger partial charge in [-0.05, 0) is 35.9 Å². The first-order chi connectivity index (χ1) is 13.9. The van der Waals surface area contributed by atoms with Gasteiger partial charge in [-0.3, -0.25) is 0 Å². The summed E-state index contributed by atoms with van der Waals surface area (Å²) in [7, 11) is 1.27. The lowest BCUT2D eigenvalue weighted by atomic mass is 9.84. The van der Waals surface area contributed by atoms with Crippen LogP contribution in [0.3, 0.4) is 0 Å². The molecule has 148 valence electrons. The molecule has 1 unspecified atom stereocenters. The SMILES string of the molecule is COc1ccccc1C(O)(c1ccc2c(cnn2-c2ccccc2)c1)C(F)(F)F. The van der Waals surface area contributed by atoms with E-state index in [1.165, 1.54) is 49.7 Å². The molecule has 0 spiro atoms. The Balaban J connectivity index is 1.91. The Hall–Kier alpha value is -3.32. The summed E-state index contributed by atoms with van der Waals surface area (Å²) in [6, 6.07) is 18.9. The van der Waals surface area contributed by atoms with Gasteiger partial charge in [0.1, 0.15) is 5.75 Å². The highest BCUT2D eigenvalue weighted by Crippen LogP contribution is 2.47. The Bertz CT molecular complexity index is 1160. The molecule has 0 bridgehead atoms. The van der Waals surface area contributed by atoms with Crippen molar-refractivity contribution in [2.45, 2.75) is 11.8 Å². The maximum absolute atomic E-state index is 14.1. The van der Waals surface area contributed by atoms with Crippen molar-refractivity contribution in [1.82, 2.24) is 9.78 Å². The molecule has 3 aromatic carbocycles. The van der Waals surface area contributed by atoms with Gasteiger partial charge in [0.25, 0.3) is 0 Å². The highest BCUT2D eigenvalue weighted by atomic mass is 19.4. The van der Waals surface area contributed by atoms with Crippen LogP contribution in [0, 0.1) is 0 Å². The van der Waals surface area contributed by atoms with Crippen LogP contribution in [0.1, 0.15) is 11.1 Å². The number of aromatic nitrogens is 2. The Labute approximate surface area is 164 Å². The molecule has 0 saturated carbocycles. The third kappa shape index (κ3) is 3.03. The highest BCUT2D eigenvalue weighted by Gasteiger charge is 2.57. The lowest BCUT2D eigenvalue weighted by Crippen LogP contribution is -2.43. The number of hydrogen-bond acceptors (Lipinski definition) is 3. The van der Waals surface area contributed by atoms with Crippen molar-refractivity contribution < 1.29 is 23.0 Å². The number of halogens is 3. The molecule has 0 aliphatic carbocycles. The van der Waals surface area contributed by atoms with Gasteiger partial charge >= 0.3 is 6.18 Å². The van der Waals surface area contributed by atoms with Gasteiger partial charge < -0.3 is 9.84 Å². The summed E-state index contributed by atoms with van der Waals surface area (Å²) < 4.78 is 49.1. The van der Waals surface area contributed by atoms with E-state index in [1.807, 2.05) is 30.3 Å². The Kier molecular flexibility index (Phi) is 4.55. The summed E-state index contributed by atoms with van der Waals surface area (Å²) in [5.74, 6) is -0.0487. The largest absolute Gasteiger partial charge is 0.496 e. The van der Waals surface area contributed by atoms with Crippen molar-refractivity contribution in [2.24, 2.45) is 0 Å². The van der Waals surface area contributed by atoms with E-state index in [0.717, 1.165) is 5.69 Å². The van der Waals surface area contributed by atoms with Crippen LogP contribution < -0.4 is 4.74 Å². The van der Waals surface area contributed by atoms with Crippen molar-refractivity contribution in [3.8, 4) is 11.4 Å². The van der Waals surface area contributed by atoms with Gasteiger partial charge in [-0.2, -0.15) is 18.3 Å². The summed E-state index contributed by atoms with van der Waals surface area (Å²) in [5, 5.41) is 15.7. The number of methoxy groups -OCH3 is 1. The van der Waals surface area contributed by atoms with Crippen LogP contribution >= 0.6 is 0 Å². The average Bonchev–Trinajstić information content (AvgIpc) is 3.16. The molecule has 1 heterocycles. The van der Waals surface area contributed by atoms with Crippen LogP contribution in [0.2, 0.25) is 0 Å². The normalized spacial score (nSPS) is 14.0. The molecule has 0 amide bonds. The fourth-order valence-electron chi connectivity index (χ4n) is 3.45. The molecule has 7 heteroatoms. The van der Waals surface area contributed by atoms with E-state index >= 15 is 0 Å². The molecule has 4 rings (SSSR count). The fraction of sp³-hybridized carbons (Fsp3) is 0.136. The minimum absolute atomic E-state index is 0.0487. The molecule has 0 fully saturated rings. The Morgan fingerprint density at radius 2 is 1.62 bits per heavy atom. The first kappa shape index (κ1) is 19.0. The number of fused-ring (bicyclic) bond motifs is 1. The zero-order valence-electron chi connectivity index (χ0n) is 15.4. The summed E-state index contributed by atoms with van der Waals surface area (Å²) >= 11 is 0. The van der Waals surface area contributed by atoms with Gasteiger partial charge in [0.05, 0.1) is 24.5 Å². The molecule has 0 aliphatic rings. The topological polar surface area (TPSA) is 47.3 Å². The third-order valence-corrected chi connectivity index (χ3v) is 4.89. The second kappa shape index (κ2) is 6.93. The maximum Gasteiger partial charge on any atom is 0.425 e. The molecule has 0 saturated heterocycles. The molecule has 0 aliphatic heterocycles. The molecule has 0 radical (unpaired) electrons. The minimum Gasteiger partial charge on any atom is -0.496 e. The van der Waals surface area contributed by atoms with Gasteiger partial charge in [0, 0.05) is 10.9 Å². The molecule has 4 nitrogen and oxygen atoms in total. The molecular formula is C22H17F3N2O2. The van der Waals surface area contributed by atoms with Crippen LogP contribution in [0.5, 0.6) is 5.75 Å². The van der Waals surface area contributed by atoms with E-state index in [0.29, 0.717) is 10.9 Å². The third-order valence-electron chi connectivity index (χ3n) is 4.89. The zero-order chi connectivity index (χ0) is 20.6. The van der Waals surface area contributed by atoms with Crippen LogP contribution in [-0.2, 0) is 5.60 Å². The van der Waals surface area contributed by atoms with E-state index in [1.54, 1.807) is 10.7 Å². The average molecular weight is 398 g/mol. The van der Waals surface area contributed by atoms with Crippen LogP contribution in [0.4, 0.5) is 13.2 Å². The second-order valence-corrected chi connectivity index (χ2v) is 6.57. The predicted molar refractivity (Wildman–Crippen MR) is 103 cm³/mol. The van der Waals surface area contributed by atoms with Crippen molar-refractivity contribution in [1.29, 1.82) is 0 Å². The van der Waals surface area contributed by atoms with Gasteiger partial charge in [0.15, 0.2) is 0 Å². The number of nitrogens with zero attached hydrogens (tertiary/aromatic N) is 2. The first-order valence-electron chi connectivity index (χ1n) is 8.82. The molecule has 1 atom stereocenters. The monoisotopic (exact) mass is 398 g/mol. The van der Waals surface area contributed by atoms with Crippen LogP contribution in [0.15, 0.2) is 79.0 Å². The van der Waals surface area contributed by atoms with Crippen molar-refractivity contribution in [3.05, 3.63) is 90.1 Å². The predicted octanol–water partition coefficient (Wildman–Crippen LogP) is 4.83. The maximum atomic E-state index is 14.1. The van der Waals surface area contributed by atoms with Crippen molar-refractivity contribution >= 4 is 10.9 Å². The number of para-hydroxylation sites is 2. The fourth-order valence-corrected chi connectivity index (χ4v) is 3.45. The summed E-state index contributed by atoms with van der Waals surface area (Å²) in [6.07, 6.45) is -3.49. The number of hydrogen-bond donors (Lipinski definition) is 1. The lowest BCUT2D eigenvalue weighted by molar-refractivity contribution is -0.248. The first-order valence-corrected chi connectivity index (χ1v) is 8.82. The quantitative estimate of drug-likeness (QED) is 0.536. The zero-order valence-corrected chi connectivity index (χ0v) is 15.4. The number of benzene rings is 3. The summed E-state index contributed by atoms with van der Waals surface area (Å²) in [5.41, 5.74) is -2.50. The van der Waals surface area contributed by atoms with Crippen LogP contribution in [0.25, 0.3) is 16.6 Å². The van der Waals surface area contributed by atoms with Crippen molar-refractivity contribution in [3.63, 3.8) is 0 Å². The van der Waals surface area contributed by atoms with Crippen molar-refractivity contribution in [2.75, 3.05) is 7.11 Å². The highest BCUT2D eigenvalue weighted by molar-refractivity contribution is 5.81. The van der Waals surface area contributed by atoms with E-state index in [4.69, 9.17) is 4.74 Å². The summed E-state index contributed by atoms with van der Waals surface area (Å²) in [4.78, 5) is 0. The van der Waals surface area contributed by atoms with E-state index < -0.39 is 11.8 Å². The Morgan fingerprint density at radius 1 is 0.931 bits per heavy atom. The number of aliphatic hydroxyl groups is 1. The molecule has 1 N–H and O–H groups in total. The molecule has 4 aromatic rings. The molecule has 1 aromatic heterocycles. The van der Waals surface area contributed by atoms with Gasteiger partial charge in [-0.15, -0.1) is 0 Å². The Morgan fingerprint density at radius 3 is 2.31 bits per heavy atom. The van der Waals surface area contributed by atoms with Gasteiger partial charge in [-0.25, -0.2) is 4.68 Å². The number of rotatable bonds is 4. The van der Waals surface area contributed by atoms with Crippen LogP contribution in [-0.4, -0.2) is 28.2 Å². The number of ether oxygens (including phenoxy) is 1. The smallest absolute Gasteiger partial charge is 0.425 e. The lowest BCUT2D eigenvalue weighted by Gasteiger charge is -2.32. The second-order valence-electron chi connectivity index (χ2n) is 6.57. The van der Waals surface area contributed by atoms with E-state index in [2.05, 4.69) is 5.10 Å². The van der Waals surface area contributed by atoms with E-state index in [9.17, 15) is 18.3 Å². The van der Waals surface area contributed by atoms with E-state index in [-0.39, 0.29) is 16.9 Å². The standard InChI is InChI=1S/C22H17F3N2O2/c1-29-20-10-6-5-9-18(20)21(28,22(23,24)25)16-11-12-19-15(13-16)14-26-27(19)17-7-3-2-4-8-17/h2-14,28H,1H3. The molecule has 29 heavy (non-hydrogen) atoms. The van der Waals surface area contributed by atoms with Gasteiger partial charge in [0.2, 0.25) is 5.60 Å². The van der Waals surface area contributed by atoms with Gasteiger partial charge in [-0.1, -0.05) is 42.5 Å². The summed E-state index contributed by atoms with van der Waals surface area (Å²) in [6.45, 7) is 0.